The number of nitro benzene ring substituents is 1. The van der Waals surface area contributed by atoms with Gasteiger partial charge in [0.05, 0.1) is 67.0 Å². The molecule has 0 amide bonds. The lowest BCUT2D eigenvalue weighted by atomic mass is 10.0. The zero-order valence-electron chi connectivity index (χ0n) is 46.8. The van der Waals surface area contributed by atoms with Crippen molar-refractivity contribution in [2.45, 2.75) is 35.8 Å². The van der Waals surface area contributed by atoms with Gasteiger partial charge in [0.2, 0.25) is 17.3 Å². The van der Waals surface area contributed by atoms with Gasteiger partial charge in [-0.15, -0.1) is 45.2 Å². The molecule has 8 aromatic rings. The summed E-state index contributed by atoms with van der Waals surface area (Å²) >= 11 is 2.98. The number of rotatable bonds is 26. The maximum absolute atomic E-state index is 13.3. The molecule has 53 heteroatoms. The molecule has 0 fully saturated rings. The number of nitrogen functional groups attached to an aromatic ring is 1. The second-order valence-electron chi connectivity index (χ2n) is 18.6. The number of aromatic carboxylic acids is 1. The van der Waals surface area contributed by atoms with E-state index in [2.05, 4.69) is 59.6 Å². The highest BCUT2D eigenvalue weighted by atomic mass is 35.5. The third kappa shape index (κ3) is 16.5. The van der Waals surface area contributed by atoms with Crippen molar-refractivity contribution in [3.63, 3.8) is 0 Å². The van der Waals surface area contributed by atoms with Crippen LogP contribution in [0.25, 0.3) is 27.2 Å². The number of carbonyl (C=O) groups is 1. The minimum atomic E-state index is -5.83. The number of hydrogen-bond donors (Lipinski definition) is 13. The Kier molecular flexibility index (Phi) is 21.3. The van der Waals surface area contributed by atoms with E-state index >= 15 is 0 Å². The number of anilines is 1. The molecule has 44 nitrogen and oxygen atoms in total. The lowest BCUT2D eigenvalue weighted by Gasteiger charge is -2.15. The van der Waals surface area contributed by atoms with Gasteiger partial charge in [-0.05, 0) is 73.2 Å². The number of nitrogens with two attached hydrogens (primary N) is 1. The maximum Gasteiger partial charge on any atom is 0.358 e. The number of nitrogens with zero attached hydrogens (tertiary/aromatic N) is 11. The highest BCUT2D eigenvalue weighted by Crippen LogP contribution is 2.52. The lowest BCUT2D eigenvalue weighted by Crippen LogP contribution is -2.09. The Labute approximate surface area is 555 Å². The molecular weight excluding hydrogens is 1510 g/mol. The fourth-order valence-corrected chi connectivity index (χ4v) is 13.2. The summed E-state index contributed by atoms with van der Waals surface area (Å²) in [5.74, 6) is -8.38. The van der Waals surface area contributed by atoms with Crippen molar-refractivity contribution >= 4 is 180 Å². The van der Waals surface area contributed by atoms with Crippen LogP contribution in [0.4, 0.5) is 56.9 Å². The van der Waals surface area contributed by atoms with Gasteiger partial charge in [-0.3, -0.25) is 42.0 Å². The van der Waals surface area contributed by atoms with Crippen molar-refractivity contribution in [2.24, 2.45) is 40.9 Å². The second kappa shape index (κ2) is 28.1. The number of aromatic hydroxyl groups is 3. The summed E-state index contributed by atoms with van der Waals surface area (Å²) in [4.78, 5) is 16.4. The predicted octanol–water partition coefficient (Wildman–Crippen LogP) is 8.63. The number of ether oxygens (including phenoxy) is 1. The van der Waals surface area contributed by atoms with Gasteiger partial charge in [0.25, 0.3) is 60.7 Å². The van der Waals surface area contributed by atoms with E-state index in [0.717, 1.165) is 30.3 Å². The Morgan fingerprint density at radius 3 is 1.82 bits per heavy atom. The number of fused-ring (bicyclic) bond motifs is 2. The smallest absolute Gasteiger partial charge is 0.358 e. The Balaban J connectivity index is 1.25. The number of azo groups is 4. The van der Waals surface area contributed by atoms with E-state index in [-0.39, 0.29) is 23.8 Å². The molecule has 1 aromatic heterocycles. The molecule has 8 rings (SSSR count). The van der Waals surface area contributed by atoms with Crippen LogP contribution in [0.3, 0.4) is 0 Å². The molecule has 0 aliphatic heterocycles. The first kappa shape index (κ1) is 74.2. The topological polar surface area (TPSA) is 705 Å². The molecule has 7 aromatic carbocycles. The van der Waals surface area contributed by atoms with Crippen molar-refractivity contribution in [2.75, 3.05) is 18.1 Å². The largest absolute Gasteiger partial charge is 0.505 e. The Morgan fingerprint density at radius 1 is 0.653 bits per heavy atom. The summed E-state index contributed by atoms with van der Waals surface area (Å²) in [6, 6.07) is 8.49. The van der Waals surface area contributed by atoms with Crippen molar-refractivity contribution in [3.8, 4) is 34.6 Å². The first-order valence-electron chi connectivity index (χ1n) is 24.7. The monoisotopic (exact) mass is 1540 g/mol. The summed E-state index contributed by atoms with van der Waals surface area (Å²) in [5.41, 5.74) is -4.91. The van der Waals surface area contributed by atoms with E-state index in [9.17, 15) is 117 Å². The number of carboxylic acids is 1. The zero-order valence-corrected chi connectivity index (χ0v) is 54.1. The third-order valence-corrected chi connectivity index (χ3v) is 18.9. The van der Waals surface area contributed by atoms with Crippen LogP contribution in [0, 0.1) is 10.1 Å². The Morgan fingerprint density at radius 2 is 1.24 bits per heavy atom. The van der Waals surface area contributed by atoms with Crippen LogP contribution in [0.5, 0.6) is 28.9 Å². The van der Waals surface area contributed by atoms with E-state index in [1.54, 1.807) is 0 Å². The fraction of sp³-hybridized carbons (Fsp3) is 0.0667. The number of benzene rings is 7. The molecule has 14 N–H and O–H groups in total. The van der Waals surface area contributed by atoms with Gasteiger partial charge in [-0.25, -0.2) is 10.1 Å². The van der Waals surface area contributed by atoms with Gasteiger partial charge < -0.3 is 35.1 Å². The molecule has 520 valence electrons. The molecular formula is C45H33ClN12O32S8. The SMILES string of the molecule is Nc1c(N=Nc2ccc3c(O)c(N=Nc4cc(N=Nc5c(C(=O)O)nn(-c6ccc(S(=O)(=O)O)cc6)c5O)c(S(=O)(=O)O)cc4Cl)c(S(=O)(=O)O)cc3c2S(=O)(=O)O)cc(S(=O)(=O)O)c2cc(SOOO)c(N=Nc3cc(OS(=O)O)cc([N+](=O)[O-])c3OCCCS(=O)(=O)O)c(O)c12. The van der Waals surface area contributed by atoms with Crippen LogP contribution < -0.4 is 14.7 Å². The summed E-state index contributed by atoms with van der Waals surface area (Å²) in [6.07, 6.45) is -0.525. The highest BCUT2D eigenvalue weighted by molar-refractivity contribution is 7.94. The van der Waals surface area contributed by atoms with Gasteiger partial charge in [-0.2, -0.15) is 64.5 Å². The lowest BCUT2D eigenvalue weighted by molar-refractivity contribution is -0.432. The number of carboxylic acid groups (broad SMARTS) is 1. The molecule has 0 spiro atoms. The standard InChI is InChI=1S/C45H33ClN12O32S8/c46-23-14-32(96(78,79)80)26(50-55-38-39(45(62)63)56-57(44(38)61)17-2-4-19(5-3-17)94(72,73)74)15-25(23)49-54-37-33(97(81,82)83)13-21-20(40(37)59)6-7-24(43(21)98(84,85)86)48-51-27-16-31(95(75,76)77)22-12-30(91-90-89-66)36(41(60)34(22)35(27)47)53-52-28-10-18(88-92(67)68)11-29(58(64)65)42(28)87-8-1-9-93(69,70)71/h2-7,10-16,59-61,66H,1,8-9,47H2,(H,62,63)(H,67,68)(H,69,70,71)(H,72,73,74)(H,75,76,77)(H,78,79,80)(H,81,82,83)(H,84,85,86). The van der Waals surface area contributed by atoms with E-state index in [0.29, 0.717) is 47.1 Å². The maximum atomic E-state index is 13.3. The fourth-order valence-electron chi connectivity index (χ4n) is 8.41. The van der Waals surface area contributed by atoms with Gasteiger partial charge in [-0.1, -0.05) is 16.6 Å². The summed E-state index contributed by atoms with van der Waals surface area (Å²) in [5, 5.41) is 97.6. The van der Waals surface area contributed by atoms with Crippen molar-refractivity contribution in [3.05, 3.63) is 99.7 Å². The summed E-state index contributed by atoms with van der Waals surface area (Å²) < 4.78 is 245. The Bertz CT molecular complexity index is 5590. The average molecular weight is 1550 g/mol. The Hall–Kier alpha value is -9.57. The van der Waals surface area contributed by atoms with Gasteiger partial charge in [0.1, 0.15) is 59.4 Å². The first-order chi connectivity index (χ1) is 45.4. The van der Waals surface area contributed by atoms with Gasteiger partial charge in [0, 0.05) is 22.2 Å². The number of hydrogen-bond acceptors (Lipinski definition) is 35. The normalized spacial score (nSPS) is 13.2. The average Bonchev–Trinajstić information content (AvgIpc) is 0.791. The van der Waals surface area contributed by atoms with Crippen LogP contribution in [0.1, 0.15) is 16.9 Å². The van der Waals surface area contributed by atoms with Crippen molar-refractivity contribution in [1.29, 1.82) is 0 Å². The molecule has 0 saturated heterocycles. The van der Waals surface area contributed by atoms with Crippen LogP contribution in [0.2, 0.25) is 5.02 Å². The molecule has 1 unspecified atom stereocenters. The number of phenolic OH excluding ortho intramolecular Hbond substituents is 2. The van der Waals surface area contributed by atoms with E-state index in [4.69, 9.17) is 31.9 Å². The van der Waals surface area contributed by atoms with Crippen LogP contribution in [-0.4, -0.2) is 145 Å². The van der Waals surface area contributed by atoms with E-state index < -0.39 is 249 Å². The quantitative estimate of drug-likeness (QED) is 0.00277. The number of phenols is 2. The van der Waals surface area contributed by atoms with E-state index in [1.807, 2.05) is 0 Å². The summed E-state index contributed by atoms with van der Waals surface area (Å²) in [6.45, 7) is -0.721. The van der Waals surface area contributed by atoms with Gasteiger partial charge in [0.15, 0.2) is 22.9 Å². The molecule has 1 heterocycles. The summed E-state index contributed by atoms with van der Waals surface area (Å²) in [7, 11) is -32.0. The number of halogens is 1. The van der Waals surface area contributed by atoms with Crippen LogP contribution in [0.15, 0.2) is 149 Å². The van der Waals surface area contributed by atoms with Crippen LogP contribution >= 0.6 is 23.6 Å². The van der Waals surface area contributed by atoms with Crippen molar-refractivity contribution < 1.29 is 140 Å². The molecule has 98 heavy (non-hydrogen) atoms. The molecule has 0 saturated carbocycles. The number of aromatic nitrogens is 2. The zero-order chi connectivity index (χ0) is 72.7. The minimum Gasteiger partial charge on any atom is -0.505 e. The molecule has 0 aliphatic rings. The number of nitro groups is 1. The first-order valence-corrected chi connectivity index (χ1v) is 35.7. The van der Waals surface area contributed by atoms with Crippen molar-refractivity contribution in [1.82, 2.24) is 9.78 Å². The van der Waals surface area contributed by atoms with Crippen LogP contribution in [-0.2, 0) is 81.4 Å². The molecule has 0 bridgehead atoms. The molecule has 0 aliphatic carbocycles. The second-order valence-corrected chi connectivity index (χ2v) is 28.9. The van der Waals surface area contributed by atoms with E-state index in [1.165, 1.54) is 0 Å². The third-order valence-electron chi connectivity index (χ3n) is 12.4. The molecule has 0 radical (unpaired) electrons. The molecule has 1 atom stereocenters. The minimum absolute atomic E-state index is 0.0941. The van der Waals surface area contributed by atoms with Gasteiger partial charge >= 0.3 is 23.0 Å². The predicted molar refractivity (Wildman–Crippen MR) is 327 cm³/mol. The highest BCUT2D eigenvalue weighted by Gasteiger charge is 2.32.